The van der Waals surface area contributed by atoms with Gasteiger partial charge in [-0.25, -0.2) is 9.38 Å². The normalized spacial score (nSPS) is 22.7. The number of hydrogen-bond acceptors (Lipinski definition) is 4. The summed E-state index contributed by atoms with van der Waals surface area (Å²) in [6.07, 6.45) is 5.82. The van der Waals surface area contributed by atoms with E-state index in [1.54, 1.807) is 6.07 Å². The molecule has 2 atom stereocenters. The summed E-state index contributed by atoms with van der Waals surface area (Å²) in [5, 5.41) is 7.63. The molecular weight excluding hydrogens is 512 g/mol. The zero-order chi connectivity index (χ0) is 20.6. The maximum absolute atomic E-state index is 14.8. The zero-order valence-corrected chi connectivity index (χ0v) is 21.6. The third-order valence-electron chi connectivity index (χ3n) is 5.99. The van der Waals surface area contributed by atoms with Gasteiger partial charge in [0.2, 0.25) is 0 Å². The van der Waals surface area contributed by atoms with Gasteiger partial charge in [0.25, 0.3) is 0 Å². The number of piperazine rings is 1. The van der Waals surface area contributed by atoms with Crippen LogP contribution in [-0.4, -0.2) is 67.7 Å². The third-order valence-corrected chi connectivity index (χ3v) is 7.09. The SMILES string of the molecule is CCNC(=NCc1ccc(N2CCN(CC)CC2)c(F)c1)NC1CCC(SC)C1.I. The molecule has 5 nitrogen and oxygen atoms in total. The van der Waals surface area contributed by atoms with Crippen molar-refractivity contribution in [1.82, 2.24) is 15.5 Å². The number of likely N-dealkylation sites (N-methyl/N-ethyl adjacent to an activating group) is 1. The van der Waals surface area contributed by atoms with Crippen LogP contribution in [0.5, 0.6) is 0 Å². The molecule has 2 N–H and O–H groups in total. The van der Waals surface area contributed by atoms with Gasteiger partial charge in [-0.3, -0.25) is 0 Å². The van der Waals surface area contributed by atoms with Crippen LogP contribution in [0.1, 0.15) is 38.7 Å². The van der Waals surface area contributed by atoms with Gasteiger partial charge in [0.15, 0.2) is 5.96 Å². The summed E-state index contributed by atoms with van der Waals surface area (Å²) in [6.45, 7) is 10.4. The van der Waals surface area contributed by atoms with Crippen LogP contribution in [0.2, 0.25) is 0 Å². The average Bonchev–Trinajstić information content (AvgIpc) is 3.20. The van der Waals surface area contributed by atoms with Crippen molar-refractivity contribution in [2.45, 2.75) is 50.9 Å². The lowest BCUT2D eigenvalue weighted by molar-refractivity contribution is 0.270. The van der Waals surface area contributed by atoms with Crippen molar-refractivity contribution in [3.8, 4) is 0 Å². The van der Waals surface area contributed by atoms with Crippen molar-refractivity contribution in [3.63, 3.8) is 0 Å². The van der Waals surface area contributed by atoms with Crippen LogP contribution in [0.3, 0.4) is 0 Å². The monoisotopic (exact) mass is 549 g/mol. The van der Waals surface area contributed by atoms with Crippen molar-refractivity contribution < 1.29 is 4.39 Å². The van der Waals surface area contributed by atoms with Crippen LogP contribution in [0.25, 0.3) is 0 Å². The van der Waals surface area contributed by atoms with E-state index in [0.29, 0.717) is 18.3 Å². The van der Waals surface area contributed by atoms with Gasteiger partial charge in [-0.2, -0.15) is 11.8 Å². The smallest absolute Gasteiger partial charge is 0.191 e. The Morgan fingerprint density at radius 1 is 1.20 bits per heavy atom. The van der Waals surface area contributed by atoms with E-state index in [2.05, 4.69) is 40.5 Å². The standard InChI is InChI=1S/C22H36FN5S.HI/c1-4-24-22(26-18-7-8-19(15-18)29-3)25-16-17-6-9-21(20(23)14-17)28-12-10-27(5-2)11-13-28;/h6,9,14,18-19H,4-5,7-8,10-13,15-16H2,1-3H3,(H2,24,25,26);1H. The molecule has 0 spiro atoms. The Labute approximate surface area is 202 Å². The number of aliphatic imine (C=N–C) groups is 1. The number of nitrogens with zero attached hydrogens (tertiary/aromatic N) is 3. The molecule has 30 heavy (non-hydrogen) atoms. The molecule has 1 saturated carbocycles. The molecule has 2 fully saturated rings. The van der Waals surface area contributed by atoms with E-state index >= 15 is 0 Å². The highest BCUT2D eigenvalue weighted by molar-refractivity contribution is 14.0. The lowest BCUT2D eigenvalue weighted by Crippen LogP contribution is -2.46. The van der Waals surface area contributed by atoms with E-state index in [0.717, 1.165) is 56.0 Å². The predicted octanol–water partition coefficient (Wildman–Crippen LogP) is 3.92. The summed E-state index contributed by atoms with van der Waals surface area (Å²) < 4.78 is 14.8. The molecule has 0 bridgehead atoms. The highest BCUT2D eigenvalue weighted by Gasteiger charge is 2.24. The zero-order valence-electron chi connectivity index (χ0n) is 18.5. The lowest BCUT2D eigenvalue weighted by atomic mass is 10.1. The Morgan fingerprint density at radius 2 is 1.97 bits per heavy atom. The molecule has 1 heterocycles. The van der Waals surface area contributed by atoms with Crippen molar-refractivity contribution in [2.24, 2.45) is 4.99 Å². The van der Waals surface area contributed by atoms with E-state index in [9.17, 15) is 4.39 Å². The van der Waals surface area contributed by atoms with Crippen LogP contribution in [0.15, 0.2) is 23.2 Å². The number of halogens is 2. The maximum atomic E-state index is 14.8. The summed E-state index contributed by atoms with van der Waals surface area (Å²) in [6, 6.07) is 6.05. The molecule has 170 valence electrons. The van der Waals surface area contributed by atoms with Crippen molar-refractivity contribution in [2.75, 3.05) is 50.4 Å². The Balaban J connectivity index is 0.00000320. The first-order chi connectivity index (χ1) is 14.1. The largest absolute Gasteiger partial charge is 0.367 e. The maximum Gasteiger partial charge on any atom is 0.191 e. The molecule has 0 radical (unpaired) electrons. The fraction of sp³-hybridized carbons (Fsp3) is 0.682. The number of guanidine groups is 1. The molecule has 1 aliphatic heterocycles. The van der Waals surface area contributed by atoms with Gasteiger partial charge >= 0.3 is 0 Å². The second-order valence-electron chi connectivity index (χ2n) is 7.91. The van der Waals surface area contributed by atoms with Crippen LogP contribution in [-0.2, 0) is 6.54 Å². The van der Waals surface area contributed by atoms with Crippen LogP contribution in [0, 0.1) is 5.82 Å². The lowest BCUT2D eigenvalue weighted by Gasteiger charge is -2.35. The van der Waals surface area contributed by atoms with Gasteiger partial charge in [-0.1, -0.05) is 13.0 Å². The number of nitrogens with one attached hydrogen (secondary N) is 2. The fourth-order valence-corrected chi connectivity index (χ4v) is 4.98. The van der Waals surface area contributed by atoms with Crippen LogP contribution in [0.4, 0.5) is 10.1 Å². The first kappa shape index (κ1) is 25.5. The molecule has 1 saturated heterocycles. The summed E-state index contributed by atoms with van der Waals surface area (Å²) in [5.41, 5.74) is 1.62. The number of anilines is 1. The highest BCUT2D eigenvalue weighted by atomic mass is 127. The van der Waals surface area contributed by atoms with Gasteiger partial charge in [-0.05, 0) is 56.7 Å². The minimum Gasteiger partial charge on any atom is -0.367 e. The van der Waals surface area contributed by atoms with E-state index in [1.165, 1.54) is 19.3 Å². The quantitative estimate of drug-likeness (QED) is 0.307. The fourth-order valence-electron chi connectivity index (χ4n) is 4.18. The minimum absolute atomic E-state index is 0. The minimum atomic E-state index is -0.140. The summed E-state index contributed by atoms with van der Waals surface area (Å²) in [4.78, 5) is 9.26. The molecule has 1 aromatic rings. The number of benzene rings is 1. The molecule has 8 heteroatoms. The molecular formula is C22H37FIN5S. The number of thioether (sulfide) groups is 1. The van der Waals surface area contributed by atoms with E-state index in [4.69, 9.17) is 4.99 Å². The van der Waals surface area contributed by atoms with Gasteiger partial charge in [0, 0.05) is 44.0 Å². The average molecular weight is 550 g/mol. The molecule has 0 amide bonds. The predicted molar refractivity (Wildman–Crippen MR) is 139 cm³/mol. The van der Waals surface area contributed by atoms with Crippen molar-refractivity contribution in [3.05, 3.63) is 29.6 Å². The summed E-state index contributed by atoms with van der Waals surface area (Å²) in [7, 11) is 0. The van der Waals surface area contributed by atoms with E-state index in [1.807, 2.05) is 23.9 Å². The molecule has 2 aliphatic rings. The first-order valence-electron chi connectivity index (χ1n) is 11.0. The first-order valence-corrected chi connectivity index (χ1v) is 12.2. The Morgan fingerprint density at radius 3 is 2.57 bits per heavy atom. The molecule has 1 aromatic carbocycles. The highest BCUT2D eigenvalue weighted by Crippen LogP contribution is 2.28. The number of rotatable bonds is 7. The van der Waals surface area contributed by atoms with Gasteiger partial charge in [0.05, 0.1) is 12.2 Å². The topological polar surface area (TPSA) is 42.9 Å². The Hall–Kier alpha value is -0.740. The Kier molecular flexibility index (Phi) is 11.0. The van der Waals surface area contributed by atoms with Gasteiger partial charge in [-0.15, -0.1) is 24.0 Å². The molecule has 1 aliphatic carbocycles. The molecule has 0 aromatic heterocycles. The summed E-state index contributed by atoms with van der Waals surface area (Å²) >= 11 is 1.95. The summed E-state index contributed by atoms with van der Waals surface area (Å²) in [5.74, 6) is 0.693. The second-order valence-corrected chi connectivity index (χ2v) is 9.05. The van der Waals surface area contributed by atoms with Crippen LogP contribution < -0.4 is 15.5 Å². The second kappa shape index (κ2) is 13.0. The van der Waals surface area contributed by atoms with Crippen molar-refractivity contribution >= 4 is 47.4 Å². The van der Waals surface area contributed by atoms with Gasteiger partial charge < -0.3 is 20.4 Å². The third kappa shape index (κ3) is 7.15. The van der Waals surface area contributed by atoms with Gasteiger partial charge in [0.1, 0.15) is 5.82 Å². The van der Waals surface area contributed by atoms with E-state index in [-0.39, 0.29) is 29.8 Å². The van der Waals surface area contributed by atoms with Crippen LogP contribution >= 0.6 is 35.7 Å². The Bertz CT molecular complexity index is 681. The molecule has 3 rings (SSSR count). The van der Waals surface area contributed by atoms with Crippen molar-refractivity contribution in [1.29, 1.82) is 0 Å². The van der Waals surface area contributed by atoms with E-state index < -0.39 is 0 Å². The number of hydrogen-bond donors (Lipinski definition) is 2. The molecule has 2 unspecified atom stereocenters.